The van der Waals surface area contributed by atoms with E-state index in [1.807, 2.05) is 53.7 Å². The molecule has 9 nitrogen and oxygen atoms in total. The highest BCUT2D eigenvalue weighted by atomic mass is 16.5. The third-order valence-corrected chi connectivity index (χ3v) is 7.56. The van der Waals surface area contributed by atoms with Gasteiger partial charge >= 0.3 is 0 Å². The molecule has 204 valence electrons. The fourth-order valence-corrected chi connectivity index (χ4v) is 5.25. The van der Waals surface area contributed by atoms with E-state index in [1.54, 1.807) is 6.20 Å². The van der Waals surface area contributed by atoms with E-state index in [4.69, 9.17) is 4.74 Å². The molecule has 1 fully saturated rings. The van der Waals surface area contributed by atoms with E-state index in [1.165, 1.54) is 11.1 Å². The minimum atomic E-state index is -0.0587. The summed E-state index contributed by atoms with van der Waals surface area (Å²) in [6, 6.07) is 16.0. The maximum atomic E-state index is 13.3. The molecular weight excluding hydrogens is 502 g/mol. The number of para-hydroxylation sites is 1. The van der Waals surface area contributed by atoms with Crippen molar-refractivity contribution in [2.45, 2.75) is 39.3 Å². The molecule has 3 aromatic heterocycles. The molecule has 1 aliphatic rings. The van der Waals surface area contributed by atoms with Gasteiger partial charge in [-0.25, -0.2) is 4.98 Å². The number of benzene rings is 2. The Morgan fingerprint density at radius 2 is 1.93 bits per heavy atom. The zero-order chi connectivity index (χ0) is 27.5. The summed E-state index contributed by atoms with van der Waals surface area (Å²) in [6.45, 7) is 7.19. The maximum absolute atomic E-state index is 13.3. The fraction of sp³-hybridized carbons (Fsp3) is 0.290. The van der Waals surface area contributed by atoms with Crippen LogP contribution < -0.4 is 10.1 Å². The molecule has 1 aliphatic heterocycles. The second-order valence-corrected chi connectivity index (χ2v) is 10.2. The van der Waals surface area contributed by atoms with Crippen LogP contribution in [0.2, 0.25) is 0 Å². The molecular formula is C31H33N7O2. The summed E-state index contributed by atoms with van der Waals surface area (Å²) >= 11 is 0. The average molecular weight is 536 g/mol. The number of likely N-dealkylation sites (tertiary alicyclic amines) is 1. The van der Waals surface area contributed by atoms with Crippen LogP contribution in [0, 0.1) is 6.92 Å². The summed E-state index contributed by atoms with van der Waals surface area (Å²) < 4.78 is 6.08. The van der Waals surface area contributed by atoms with Gasteiger partial charge in [0, 0.05) is 55.8 Å². The SMILES string of the molecule is CCNCc1cncc(-c2ccc3[nH]nc(-c4ncc(C(=O)N5CCC(Oc6ccccc6)CC5)[nH]4)c3c2)c1C. The Balaban J connectivity index is 1.18. The second kappa shape index (κ2) is 11.3. The first-order valence-corrected chi connectivity index (χ1v) is 13.8. The Morgan fingerprint density at radius 3 is 2.73 bits per heavy atom. The van der Waals surface area contributed by atoms with Crippen LogP contribution in [0.1, 0.15) is 41.4 Å². The number of aromatic amines is 2. The highest BCUT2D eigenvalue weighted by Gasteiger charge is 2.26. The van der Waals surface area contributed by atoms with Crippen LogP contribution in [-0.2, 0) is 6.54 Å². The largest absolute Gasteiger partial charge is 0.490 e. The number of nitrogens with one attached hydrogen (secondary N) is 3. The van der Waals surface area contributed by atoms with Crippen molar-refractivity contribution in [3.63, 3.8) is 0 Å². The molecule has 0 radical (unpaired) electrons. The first-order valence-electron chi connectivity index (χ1n) is 13.8. The molecule has 0 saturated carbocycles. The number of amides is 1. The van der Waals surface area contributed by atoms with Crippen molar-refractivity contribution >= 4 is 16.8 Å². The lowest BCUT2D eigenvalue weighted by molar-refractivity contribution is 0.0591. The molecule has 0 spiro atoms. The van der Waals surface area contributed by atoms with Gasteiger partial charge in [0.15, 0.2) is 5.82 Å². The van der Waals surface area contributed by atoms with E-state index < -0.39 is 0 Å². The number of fused-ring (bicyclic) bond motifs is 1. The van der Waals surface area contributed by atoms with Gasteiger partial charge in [0.25, 0.3) is 5.91 Å². The summed E-state index contributed by atoms with van der Waals surface area (Å²) in [5, 5.41) is 11.9. The lowest BCUT2D eigenvalue weighted by Gasteiger charge is -2.31. The second-order valence-electron chi connectivity index (χ2n) is 10.2. The van der Waals surface area contributed by atoms with Gasteiger partial charge in [-0.1, -0.05) is 31.2 Å². The molecule has 5 aromatic rings. The molecule has 4 heterocycles. The van der Waals surface area contributed by atoms with E-state index in [9.17, 15) is 4.79 Å². The zero-order valence-electron chi connectivity index (χ0n) is 22.8. The minimum absolute atomic E-state index is 0.0587. The number of nitrogens with zero attached hydrogens (tertiary/aromatic N) is 4. The number of imidazole rings is 1. The predicted molar refractivity (Wildman–Crippen MR) is 155 cm³/mol. The van der Waals surface area contributed by atoms with Crippen LogP contribution >= 0.6 is 0 Å². The number of rotatable bonds is 8. The number of hydrogen-bond donors (Lipinski definition) is 3. The summed E-state index contributed by atoms with van der Waals surface area (Å²) in [7, 11) is 0. The molecule has 0 aliphatic carbocycles. The van der Waals surface area contributed by atoms with E-state index in [2.05, 4.69) is 56.4 Å². The smallest absolute Gasteiger partial charge is 0.271 e. The van der Waals surface area contributed by atoms with Gasteiger partial charge in [0.2, 0.25) is 0 Å². The van der Waals surface area contributed by atoms with E-state index in [0.717, 1.165) is 53.7 Å². The number of piperidine rings is 1. The Labute approximate surface area is 233 Å². The highest BCUT2D eigenvalue weighted by Crippen LogP contribution is 2.31. The Bertz CT molecular complexity index is 1620. The standard InChI is InChI=1S/C31H33N7O2/c1-3-32-16-22-17-33-18-26(20(22)2)21-9-10-27-25(15-21)29(37-36-27)30-34-19-28(35-30)31(39)38-13-11-24(12-14-38)40-23-7-5-4-6-8-23/h4-10,15,17-19,24,32H,3,11-14,16H2,1-2H3,(H,34,35)(H,36,37). The first-order chi connectivity index (χ1) is 19.6. The van der Waals surface area contributed by atoms with Gasteiger partial charge in [-0.15, -0.1) is 0 Å². The molecule has 0 unspecified atom stereocenters. The van der Waals surface area contributed by atoms with E-state index in [-0.39, 0.29) is 12.0 Å². The molecule has 40 heavy (non-hydrogen) atoms. The van der Waals surface area contributed by atoms with E-state index >= 15 is 0 Å². The monoisotopic (exact) mass is 535 g/mol. The average Bonchev–Trinajstić information content (AvgIpc) is 3.64. The minimum Gasteiger partial charge on any atom is -0.490 e. The summed E-state index contributed by atoms with van der Waals surface area (Å²) in [5.74, 6) is 1.37. The van der Waals surface area contributed by atoms with Gasteiger partial charge in [0.1, 0.15) is 23.2 Å². The van der Waals surface area contributed by atoms with Crippen molar-refractivity contribution in [1.82, 2.24) is 35.4 Å². The molecule has 1 saturated heterocycles. The molecule has 9 heteroatoms. The lowest BCUT2D eigenvalue weighted by atomic mass is 9.98. The van der Waals surface area contributed by atoms with Crippen molar-refractivity contribution in [1.29, 1.82) is 0 Å². The van der Waals surface area contributed by atoms with Crippen molar-refractivity contribution < 1.29 is 9.53 Å². The van der Waals surface area contributed by atoms with Crippen LogP contribution in [0.25, 0.3) is 33.5 Å². The molecule has 0 bridgehead atoms. The maximum Gasteiger partial charge on any atom is 0.271 e. The number of aromatic nitrogens is 5. The van der Waals surface area contributed by atoms with Gasteiger partial charge in [-0.2, -0.15) is 5.10 Å². The molecule has 0 atom stereocenters. The Kier molecular flexibility index (Phi) is 7.29. The van der Waals surface area contributed by atoms with Crippen LogP contribution in [0.4, 0.5) is 0 Å². The number of ether oxygens (including phenoxy) is 1. The van der Waals surface area contributed by atoms with Crippen molar-refractivity contribution in [3.05, 3.63) is 83.9 Å². The predicted octanol–water partition coefficient (Wildman–Crippen LogP) is 5.12. The Morgan fingerprint density at radius 1 is 1.10 bits per heavy atom. The number of hydrogen-bond acceptors (Lipinski definition) is 6. The van der Waals surface area contributed by atoms with Crippen molar-refractivity contribution in [2.75, 3.05) is 19.6 Å². The molecule has 1 amide bonds. The molecule has 2 aromatic carbocycles. The van der Waals surface area contributed by atoms with Gasteiger partial charge < -0.3 is 19.9 Å². The quantitative estimate of drug-likeness (QED) is 0.254. The molecule has 6 rings (SSSR count). The number of carbonyl (C=O) groups is 1. The van der Waals surface area contributed by atoms with Gasteiger partial charge in [0.05, 0.1) is 11.7 Å². The zero-order valence-corrected chi connectivity index (χ0v) is 22.8. The highest BCUT2D eigenvalue weighted by molar-refractivity contribution is 5.96. The Hall–Kier alpha value is -4.50. The van der Waals surface area contributed by atoms with Crippen LogP contribution in [0.3, 0.4) is 0 Å². The number of carbonyl (C=O) groups excluding carboxylic acids is 1. The fourth-order valence-electron chi connectivity index (χ4n) is 5.25. The number of pyridine rings is 1. The van der Waals surface area contributed by atoms with Gasteiger partial charge in [-0.05, 0) is 54.4 Å². The van der Waals surface area contributed by atoms with E-state index in [0.29, 0.717) is 30.3 Å². The normalized spacial score (nSPS) is 14.1. The van der Waals surface area contributed by atoms with Crippen molar-refractivity contribution in [2.24, 2.45) is 0 Å². The van der Waals surface area contributed by atoms with Crippen molar-refractivity contribution in [3.8, 4) is 28.4 Å². The molecule has 3 N–H and O–H groups in total. The summed E-state index contributed by atoms with van der Waals surface area (Å²) in [5.41, 5.74) is 6.56. The third kappa shape index (κ3) is 5.20. The van der Waals surface area contributed by atoms with Gasteiger partial charge in [-0.3, -0.25) is 14.9 Å². The van der Waals surface area contributed by atoms with Crippen LogP contribution in [-0.4, -0.2) is 61.7 Å². The van der Waals surface area contributed by atoms with Crippen LogP contribution in [0.15, 0.2) is 67.1 Å². The summed E-state index contributed by atoms with van der Waals surface area (Å²) in [4.78, 5) is 27.4. The third-order valence-electron chi connectivity index (χ3n) is 7.56. The topological polar surface area (TPSA) is 112 Å². The first kappa shape index (κ1) is 25.8. The summed E-state index contributed by atoms with van der Waals surface area (Å²) in [6.07, 6.45) is 7.12. The lowest BCUT2D eigenvalue weighted by Crippen LogP contribution is -2.41. The van der Waals surface area contributed by atoms with Crippen LogP contribution in [0.5, 0.6) is 5.75 Å². The number of H-pyrrole nitrogens is 2.